The number of rotatable bonds is 3. The molecule has 92 valence electrons. The molecule has 2 fully saturated rings. The Morgan fingerprint density at radius 2 is 1.94 bits per heavy atom. The maximum absolute atomic E-state index is 11.0. The van der Waals surface area contributed by atoms with Gasteiger partial charge >= 0.3 is 5.97 Å². The monoisotopic (exact) mass is 226 g/mol. The molecule has 2 aliphatic rings. The van der Waals surface area contributed by atoms with Crippen LogP contribution >= 0.6 is 0 Å². The Morgan fingerprint density at radius 1 is 1.25 bits per heavy atom. The van der Waals surface area contributed by atoms with Crippen molar-refractivity contribution in [2.24, 2.45) is 5.92 Å². The molecule has 0 bridgehead atoms. The zero-order valence-corrected chi connectivity index (χ0v) is 9.98. The van der Waals surface area contributed by atoms with Crippen LogP contribution in [0.4, 0.5) is 0 Å². The quantitative estimate of drug-likeness (QED) is 0.768. The van der Waals surface area contributed by atoms with Crippen molar-refractivity contribution in [3.05, 3.63) is 0 Å². The summed E-state index contributed by atoms with van der Waals surface area (Å²) < 4.78 is 0. The van der Waals surface area contributed by atoms with Gasteiger partial charge in [-0.15, -0.1) is 0 Å². The third-order valence-electron chi connectivity index (χ3n) is 3.90. The van der Waals surface area contributed by atoms with Gasteiger partial charge in [0.1, 0.15) is 6.04 Å². The maximum atomic E-state index is 11.0. The fraction of sp³-hybridized carbons (Fsp3) is 0.917. The molecule has 4 nitrogen and oxygen atoms in total. The molecule has 1 saturated heterocycles. The van der Waals surface area contributed by atoms with Gasteiger partial charge in [0.15, 0.2) is 0 Å². The summed E-state index contributed by atoms with van der Waals surface area (Å²) in [6.07, 6.45) is 6.68. The van der Waals surface area contributed by atoms with Crippen LogP contribution in [0, 0.1) is 5.92 Å². The van der Waals surface area contributed by atoms with Gasteiger partial charge in [0.2, 0.25) is 0 Å². The van der Waals surface area contributed by atoms with Crippen molar-refractivity contribution in [2.75, 3.05) is 6.54 Å². The molecule has 0 spiro atoms. The fourth-order valence-corrected chi connectivity index (χ4v) is 2.80. The molecule has 0 radical (unpaired) electrons. The first-order valence-electron chi connectivity index (χ1n) is 6.42. The van der Waals surface area contributed by atoms with Crippen molar-refractivity contribution >= 4 is 5.97 Å². The number of carbonyl (C=O) groups is 1. The molecule has 1 aliphatic heterocycles. The SMILES string of the molecule is CC1CCC(NN2CCCC2C(=O)O)CC1. The molecule has 0 aromatic heterocycles. The lowest BCUT2D eigenvalue weighted by Crippen LogP contribution is -2.50. The van der Waals surface area contributed by atoms with Crippen LogP contribution in [0.2, 0.25) is 0 Å². The summed E-state index contributed by atoms with van der Waals surface area (Å²) in [5.41, 5.74) is 3.42. The Morgan fingerprint density at radius 3 is 2.56 bits per heavy atom. The highest BCUT2D eigenvalue weighted by Crippen LogP contribution is 2.25. The second-order valence-electron chi connectivity index (χ2n) is 5.28. The largest absolute Gasteiger partial charge is 0.480 e. The van der Waals surface area contributed by atoms with Gasteiger partial charge in [0, 0.05) is 12.6 Å². The summed E-state index contributed by atoms with van der Waals surface area (Å²) in [6.45, 7) is 3.18. The van der Waals surface area contributed by atoms with Gasteiger partial charge in [-0.25, -0.2) is 5.01 Å². The molecular weight excluding hydrogens is 204 g/mol. The highest BCUT2D eigenvalue weighted by Gasteiger charge is 2.32. The van der Waals surface area contributed by atoms with Crippen LogP contribution in [-0.4, -0.2) is 34.7 Å². The van der Waals surface area contributed by atoms with Crippen LogP contribution in [0.3, 0.4) is 0 Å². The Hall–Kier alpha value is -0.610. The minimum absolute atomic E-state index is 0.306. The van der Waals surface area contributed by atoms with Crippen molar-refractivity contribution in [3.63, 3.8) is 0 Å². The fourth-order valence-electron chi connectivity index (χ4n) is 2.80. The molecule has 1 atom stereocenters. The second-order valence-corrected chi connectivity index (χ2v) is 5.28. The lowest BCUT2D eigenvalue weighted by Gasteiger charge is -2.32. The first kappa shape index (κ1) is 11.9. The lowest BCUT2D eigenvalue weighted by molar-refractivity contribution is -0.143. The normalized spacial score (nSPS) is 36.4. The summed E-state index contributed by atoms with van der Waals surface area (Å²) in [4.78, 5) is 11.0. The van der Waals surface area contributed by atoms with E-state index in [1.165, 1.54) is 25.7 Å². The number of hydrogen-bond acceptors (Lipinski definition) is 3. The minimum atomic E-state index is -0.686. The first-order valence-corrected chi connectivity index (χ1v) is 6.42. The molecule has 1 unspecified atom stereocenters. The van der Waals surface area contributed by atoms with Crippen molar-refractivity contribution in [2.45, 2.75) is 57.5 Å². The van der Waals surface area contributed by atoms with Crippen molar-refractivity contribution in [1.29, 1.82) is 0 Å². The summed E-state index contributed by atoms with van der Waals surface area (Å²) in [7, 11) is 0. The van der Waals surface area contributed by atoms with E-state index in [1.807, 2.05) is 5.01 Å². The molecule has 0 amide bonds. The van der Waals surface area contributed by atoms with Crippen LogP contribution in [-0.2, 0) is 4.79 Å². The molecule has 2 N–H and O–H groups in total. The van der Waals surface area contributed by atoms with Gasteiger partial charge < -0.3 is 5.11 Å². The van der Waals surface area contributed by atoms with E-state index in [2.05, 4.69) is 12.3 Å². The van der Waals surface area contributed by atoms with Crippen LogP contribution in [0.5, 0.6) is 0 Å². The summed E-state index contributed by atoms with van der Waals surface area (Å²) in [5, 5.41) is 11.0. The number of nitrogens with one attached hydrogen (secondary N) is 1. The molecule has 1 saturated carbocycles. The van der Waals surface area contributed by atoms with Crippen LogP contribution in [0.1, 0.15) is 45.4 Å². The molecule has 1 heterocycles. The average Bonchev–Trinajstić information content (AvgIpc) is 2.69. The van der Waals surface area contributed by atoms with E-state index in [4.69, 9.17) is 5.11 Å². The van der Waals surface area contributed by atoms with Gasteiger partial charge in [0.25, 0.3) is 0 Å². The minimum Gasteiger partial charge on any atom is -0.480 e. The number of hydrazine groups is 1. The average molecular weight is 226 g/mol. The molecule has 0 aromatic rings. The van der Waals surface area contributed by atoms with E-state index in [9.17, 15) is 4.79 Å². The number of hydrogen-bond donors (Lipinski definition) is 2. The van der Waals surface area contributed by atoms with E-state index < -0.39 is 5.97 Å². The Labute approximate surface area is 97.0 Å². The second kappa shape index (κ2) is 5.15. The Balaban J connectivity index is 1.82. The van der Waals surface area contributed by atoms with E-state index in [0.717, 1.165) is 25.3 Å². The molecule has 4 heteroatoms. The number of carboxylic acids is 1. The molecule has 1 aliphatic carbocycles. The van der Waals surface area contributed by atoms with Crippen LogP contribution in [0.25, 0.3) is 0 Å². The summed E-state index contributed by atoms with van der Waals surface area (Å²) in [5.74, 6) is 0.154. The standard InChI is InChI=1S/C12H22N2O2/c1-9-4-6-10(7-5-9)13-14-8-2-3-11(14)12(15)16/h9-11,13H,2-8H2,1H3,(H,15,16). The van der Waals surface area contributed by atoms with Crippen LogP contribution < -0.4 is 5.43 Å². The van der Waals surface area contributed by atoms with Crippen molar-refractivity contribution in [1.82, 2.24) is 10.4 Å². The molecule has 0 aromatic carbocycles. The zero-order chi connectivity index (χ0) is 11.5. The van der Waals surface area contributed by atoms with Crippen molar-refractivity contribution in [3.8, 4) is 0 Å². The number of aliphatic carboxylic acids is 1. The molecule has 16 heavy (non-hydrogen) atoms. The van der Waals surface area contributed by atoms with Crippen molar-refractivity contribution < 1.29 is 9.90 Å². The first-order chi connectivity index (χ1) is 7.66. The molecule has 2 rings (SSSR count). The van der Waals surface area contributed by atoms with Gasteiger partial charge in [-0.1, -0.05) is 6.92 Å². The van der Waals surface area contributed by atoms with E-state index in [1.54, 1.807) is 0 Å². The highest BCUT2D eigenvalue weighted by molar-refractivity contribution is 5.73. The van der Waals surface area contributed by atoms with Gasteiger partial charge in [0.05, 0.1) is 0 Å². The predicted octanol–water partition coefficient (Wildman–Crippen LogP) is 1.62. The predicted molar refractivity (Wildman–Crippen MR) is 61.9 cm³/mol. The number of nitrogens with zero attached hydrogens (tertiary/aromatic N) is 1. The zero-order valence-electron chi connectivity index (χ0n) is 9.98. The van der Waals surface area contributed by atoms with Gasteiger partial charge in [-0.3, -0.25) is 10.2 Å². The Bertz CT molecular complexity index is 249. The summed E-state index contributed by atoms with van der Waals surface area (Å²) in [6, 6.07) is 0.190. The molecular formula is C12H22N2O2. The van der Waals surface area contributed by atoms with Gasteiger partial charge in [-0.05, 0) is 44.4 Å². The van der Waals surface area contributed by atoms with Gasteiger partial charge in [-0.2, -0.15) is 0 Å². The summed E-state index contributed by atoms with van der Waals surface area (Å²) >= 11 is 0. The topological polar surface area (TPSA) is 52.6 Å². The smallest absolute Gasteiger partial charge is 0.322 e. The third-order valence-corrected chi connectivity index (χ3v) is 3.90. The Kier molecular flexibility index (Phi) is 3.82. The third kappa shape index (κ3) is 2.74. The van der Waals surface area contributed by atoms with E-state index in [-0.39, 0.29) is 6.04 Å². The van der Waals surface area contributed by atoms with E-state index in [0.29, 0.717) is 6.04 Å². The highest BCUT2D eigenvalue weighted by atomic mass is 16.4. The maximum Gasteiger partial charge on any atom is 0.322 e. The number of carboxylic acid groups (broad SMARTS) is 1. The van der Waals surface area contributed by atoms with E-state index >= 15 is 0 Å². The lowest BCUT2D eigenvalue weighted by atomic mass is 9.88. The van der Waals surface area contributed by atoms with Crippen LogP contribution in [0.15, 0.2) is 0 Å².